The van der Waals surface area contributed by atoms with Crippen molar-refractivity contribution in [2.24, 2.45) is 0 Å². The monoisotopic (exact) mass is 408 g/mol. The van der Waals surface area contributed by atoms with Crippen LogP contribution in [0.15, 0.2) is 12.1 Å². The molecule has 2 aromatic rings. The molecule has 8 heteroatoms. The van der Waals surface area contributed by atoms with Crippen molar-refractivity contribution in [2.45, 2.75) is 0 Å². The smallest absolute Gasteiger partial charge is 0.155 e. The first-order chi connectivity index (χ1) is 9.25. The maximum Gasteiger partial charge on any atom is 0.155 e. The molecular weight excluding hydrogens is 408 g/mol. The third kappa shape index (κ3) is 2.78. The van der Waals surface area contributed by atoms with Gasteiger partial charge in [0.15, 0.2) is 5.75 Å². The van der Waals surface area contributed by atoms with Gasteiger partial charge in [0, 0.05) is 11.1 Å². The van der Waals surface area contributed by atoms with Crippen LogP contribution in [0.1, 0.15) is 0 Å². The first-order valence-corrected chi connectivity index (χ1v) is 7.60. The minimum atomic E-state index is -0.400. The summed E-state index contributed by atoms with van der Waals surface area (Å²) >= 11 is 42.0. The minimum absolute atomic E-state index is 0.0128. The lowest BCUT2D eigenvalue weighted by molar-refractivity contribution is 0.476. The Morgan fingerprint density at radius 1 is 0.600 bits per heavy atom. The Morgan fingerprint density at radius 2 is 1.05 bits per heavy atom. The van der Waals surface area contributed by atoms with E-state index in [1.807, 2.05) is 0 Å². The number of aromatic hydroxyl groups is 1. The van der Waals surface area contributed by atoms with E-state index in [9.17, 15) is 5.11 Å². The SMILES string of the molecule is Oc1c(Cl)c(Cl)c(-c2cc(Cl)c(Cl)cc2Cl)c(Cl)c1Cl. The van der Waals surface area contributed by atoms with Gasteiger partial charge >= 0.3 is 0 Å². The van der Waals surface area contributed by atoms with Crippen molar-refractivity contribution in [3.05, 3.63) is 47.3 Å². The van der Waals surface area contributed by atoms with Gasteiger partial charge in [0.2, 0.25) is 0 Å². The maximum absolute atomic E-state index is 9.69. The highest BCUT2D eigenvalue weighted by Gasteiger charge is 2.23. The zero-order chi connectivity index (χ0) is 15.2. The van der Waals surface area contributed by atoms with Gasteiger partial charge in [0.05, 0.1) is 25.1 Å². The van der Waals surface area contributed by atoms with Gasteiger partial charge in [-0.15, -0.1) is 0 Å². The third-order valence-corrected chi connectivity index (χ3v) is 5.24. The van der Waals surface area contributed by atoms with Crippen LogP contribution in [0.4, 0.5) is 0 Å². The predicted molar refractivity (Wildman–Crippen MR) is 88.6 cm³/mol. The van der Waals surface area contributed by atoms with Crippen LogP contribution in [-0.4, -0.2) is 5.11 Å². The third-order valence-electron chi connectivity index (χ3n) is 2.52. The molecule has 106 valence electrons. The Balaban J connectivity index is 2.87. The number of halogens is 7. The van der Waals surface area contributed by atoms with Crippen LogP contribution in [0.5, 0.6) is 5.75 Å². The van der Waals surface area contributed by atoms with Crippen LogP contribution in [0.3, 0.4) is 0 Å². The molecule has 0 fully saturated rings. The molecule has 2 aromatic carbocycles. The van der Waals surface area contributed by atoms with Crippen LogP contribution in [0.25, 0.3) is 11.1 Å². The second-order valence-corrected chi connectivity index (χ2v) is 6.46. The molecular formula is C12H3Cl7O. The van der Waals surface area contributed by atoms with Crippen LogP contribution < -0.4 is 0 Å². The van der Waals surface area contributed by atoms with Gasteiger partial charge in [-0.3, -0.25) is 0 Å². The number of rotatable bonds is 1. The second-order valence-electron chi connectivity index (χ2n) is 3.73. The van der Waals surface area contributed by atoms with Crippen molar-refractivity contribution >= 4 is 81.2 Å². The number of phenolic OH excluding ortho intramolecular Hbond substituents is 1. The summed E-state index contributed by atoms with van der Waals surface area (Å²) in [5, 5.41) is 10.3. The summed E-state index contributed by atoms with van der Waals surface area (Å²) in [6.07, 6.45) is 0. The van der Waals surface area contributed by atoms with Crippen LogP contribution >= 0.6 is 81.2 Å². The topological polar surface area (TPSA) is 20.2 Å². The Morgan fingerprint density at radius 3 is 1.55 bits per heavy atom. The molecule has 0 bridgehead atoms. The molecule has 0 amide bonds. The fraction of sp³-hybridized carbons (Fsp3) is 0. The molecule has 1 N–H and O–H groups in total. The van der Waals surface area contributed by atoms with Crippen molar-refractivity contribution in [2.75, 3.05) is 0 Å². The summed E-state index contributed by atoms with van der Waals surface area (Å²) in [6.45, 7) is 0. The number of hydrogen-bond acceptors (Lipinski definition) is 1. The Labute approximate surface area is 149 Å². The largest absolute Gasteiger partial charge is 0.505 e. The fourth-order valence-electron chi connectivity index (χ4n) is 1.57. The van der Waals surface area contributed by atoms with E-state index in [-0.39, 0.29) is 40.7 Å². The normalized spacial score (nSPS) is 10.9. The van der Waals surface area contributed by atoms with Crippen LogP contribution in [-0.2, 0) is 0 Å². The van der Waals surface area contributed by atoms with Gasteiger partial charge in [-0.05, 0) is 12.1 Å². The summed E-state index contributed by atoms with van der Waals surface area (Å²) in [5.41, 5.74) is 0.671. The van der Waals surface area contributed by atoms with E-state index in [0.29, 0.717) is 5.56 Å². The standard InChI is InChI=1S/C12H3Cl7O/c13-4-2-6(15)5(14)1-3(4)7-8(16)10(18)12(20)11(19)9(7)17/h1-2,20H. The van der Waals surface area contributed by atoms with Crippen LogP contribution in [0.2, 0.25) is 35.2 Å². The van der Waals surface area contributed by atoms with Crippen molar-refractivity contribution < 1.29 is 5.11 Å². The van der Waals surface area contributed by atoms with Gasteiger partial charge in [-0.2, -0.15) is 0 Å². The number of benzene rings is 2. The van der Waals surface area contributed by atoms with Gasteiger partial charge in [-0.25, -0.2) is 0 Å². The highest BCUT2D eigenvalue weighted by molar-refractivity contribution is 6.52. The van der Waals surface area contributed by atoms with E-state index in [1.165, 1.54) is 12.1 Å². The molecule has 0 saturated heterocycles. The average Bonchev–Trinajstić information content (AvgIpc) is 2.40. The van der Waals surface area contributed by atoms with Crippen molar-refractivity contribution in [3.8, 4) is 16.9 Å². The van der Waals surface area contributed by atoms with Crippen molar-refractivity contribution in [3.63, 3.8) is 0 Å². The minimum Gasteiger partial charge on any atom is -0.505 e. The fourth-order valence-corrected chi connectivity index (χ4v) is 3.26. The summed E-state index contributed by atoms with van der Waals surface area (Å²) in [6, 6.07) is 2.94. The second kappa shape index (κ2) is 6.18. The van der Waals surface area contributed by atoms with Crippen molar-refractivity contribution in [1.82, 2.24) is 0 Å². The molecule has 1 nitrogen and oxygen atoms in total. The Kier molecular flexibility index (Phi) is 5.14. The zero-order valence-electron chi connectivity index (χ0n) is 9.25. The molecule has 0 aromatic heterocycles. The number of hydrogen-bond donors (Lipinski definition) is 1. The molecule has 0 unspecified atom stereocenters. The van der Waals surface area contributed by atoms with Crippen LogP contribution in [0, 0.1) is 0 Å². The van der Waals surface area contributed by atoms with E-state index in [0.717, 1.165) is 0 Å². The summed E-state index contributed by atoms with van der Waals surface area (Å²) in [5.74, 6) is -0.400. The molecule has 0 atom stereocenters. The molecule has 2 rings (SSSR count). The van der Waals surface area contributed by atoms with E-state index in [4.69, 9.17) is 81.2 Å². The van der Waals surface area contributed by atoms with E-state index in [2.05, 4.69) is 0 Å². The molecule has 20 heavy (non-hydrogen) atoms. The van der Waals surface area contributed by atoms with Gasteiger partial charge in [-0.1, -0.05) is 81.2 Å². The molecule has 0 spiro atoms. The molecule has 0 aliphatic rings. The molecule has 0 heterocycles. The van der Waals surface area contributed by atoms with E-state index < -0.39 is 5.75 Å². The maximum atomic E-state index is 9.69. The highest BCUT2D eigenvalue weighted by Crippen LogP contribution is 2.51. The number of phenols is 1. The highest BCUT2D eigenvalue weighted by atomic mass is 35.5. The summed E-state index contributed by atoms with van der Waals surface area (Å²) in [7, 11) is 0. The zero-order valence-corrected chi connectivity index (χ0v) is 14.5. The van der Waals surface area contributed by atoms with Gasteiger partial charge < -0.3 is 5.11 Å². The van der Waals surface area contributed by atoms with E-state index >= 15 is 0 Å². The summed E-state index contributed by atoms with van der Waals surface area (Å²) < 4.78 is 0. The lowest BCUT2D eigenvalue weighted by Gasteiger charge is -2.14. The molecule has 0 aliphatic heterocycles. The molecule has 0 aliphatic carbocycles. The summed E-state index contributed by atoms with van der Waals surface area (Å²) in [4.78, 5) is 0. The first kappa shape index (κ1) is 16.6. The molecule has 0 radical (unpaired) electrons. The first-order valence-electron chi connectivity index (χ1n) is 4.95. The van der Waals surface area contributed by atoms with Crippen molar-refractivity contribution in [1.29, 1.82) is 0 Å². The average molecular weight is 411 g/mol. The lowest BCUT2D eigenvalue weighted by atomic mass is 10.0. The Bertz CT molecular complexity index is 683. The molecule has 0 saturated carbocycles. The van der Waals surface area contributed by atoms with E-state index in [1.54, 1.807) is 0 Å². The Hall–Kier alpha value is 0.270. The van der Waals surface area contributed by atoms with Gasteiger partial charge in [0.1, 0.15) is 10.0 Å². The predicted octanol–water partition coefficient (Wildman–Crippen LogP) is 7.63. The van der Waals surface area contributed by atoms with Gasteiger partial charge in [0.25, 0.3) is 0 Å². The lowest BCUT2D eigenvalue weighted by Crippen LogP contribution is -1.88. The quantitative estimate of drug-likeness (QED) is 0.478.